The zero-order chi connectivity index (χ0) is 27.2. The standard InChI is InChI=1S/C33H60O4/c1-7-12-16-17-21-24-31(29-30-22-19-18-20-23-30)32(34-6,25-11-5)33(35-26-13-8-2,36-27-14-9-3)37-28-15-10-4/h18-20,22-23,31H,7-17,21,24-29H2,1-6H3. The summed E-state index contributed by atoms with van der Waals surface area (Å²) in [6, 6.07) is 10.9. The van der Waals surface area contributed by atoms with Gasteiger partial charge in [-0.15, -0.1) is 0 Å². The quantitative estimate of drug-likeness (QED) is 0.0950. The highest BCUT2D eigenvalue weighted by atomic mass is 16.9. The van der Waals surface area contributed by atoms with Gasteiger partial charge in [0.1, 0.15) is 0 Å². The van der Waals surface area contributed by atoms with Crippen LogP contribution in [-0.4, -0.2) is 38.5 Å². The van der Waals surface area contributed by atoms with E-state index in [2.05, 4.69) is 65.0 Å². The zero-order valence-corrected chi connectivity index (χ0v) is 25.3. The minimum Gasteiger partial charge on any atom is -0.369 e. The molecule has 2 unspecified atom stereocenters. The van der Waals surface area contributed by atoms with Gasteiger partial charge in [0.05, 0.1) is 19.8 Å². The van der Waals surface area contributed by atoms with Gasteiger partial charge in [-0.2, -0.15) is 0 Å². The number of benzene rings is 1. The first-order valence-electron chi connectivity index (χ1n) is 15.6. The summed E-state index contributed by atoms with van der Waals surface area (Å²) in [5.41, 5.74) is 0.639. The van der Waals surface area contributed by atoms with E-state index in [1.54, 1.807) is 0 Å². The summed E-state index contributed by atoms with van der Waals surface area (Å²) in [6.45, 7) is 12.9. The molecular formula is C33H60O4. The summed E-state index contributed by atoms with van der Waals surface area (Å²) in [6.07, 6.45) is 16.2. The van der Waals surface area contributed by atoms with Crippen molar-refractivity contribution in [3.05, 3.63) is 35.9 Å². The summed E-state index contributed by atoms with van der Waals surface area (Å²) in [4.78, 5) is 0. The van der Waals surface area contributed by atoms with Crippen molar-refractivity contribution in [2.45, 2.75) is 143 Å². The molecule has 4 heteroatoms. The number of ether oxygens (including phenoxy) is 4. The molecule has 216 valence electrons. The van der Waals surface area contributed by atoms with Crippen LogP contribution >= 0.6 is 0 Å². The predicted octanol–water partition coefficient (Wildman–Crippen LogP) is 9.50. The monoisotopic (exact) mass is 520 g/mol. The van der Waals surface area contributed by atoms with E-state index in [1.807, 2.05) is 7.11 Å². The van der Waals surface area contributed by atoms with Crippen LogP contribution in [0.25, 0.3) is 0 Å². The van der Waals surface area contributed by atoms with Gasteiger partial charge in [0.25, 0.3) is 0 Å². The third-order valence-electron chi connectivity index (χ3n) is 7.51. The topological polar surface area (TPSA) is 36.9 Å². The maximum absolute atomic E-state index is 6.77. The summed E-state index contributed by atoms with van der Waals surface area (Å²) in [5.74, 6) is -0.994. The molecule has 0 fully saturated rings. The van der Waals surface area contributed by atoms with Gasteiger partial charge in [0.2, 0.25) is 0 Å². The molecule has 0 amide bonds. The van der Waals surface area contributed by atoms with Gasteiger partial charge in [-0.05, 0) is 50.0 Å². The Balaban J connectivity index is 3.54. The van der Waals surface area contributed by atoms with Crippen LogP contribution in [0.3, 0.4) is 0 Å². The van der Waals surface area contributed by atoms with Crippen molar-refractivity contribution in [1.29, 1.82) is 0 Å². The lowest BCUT2D eigenvalue weighted by molar-refractivity contribution is -0.455. The summed E-state index contributed by atoms with van der Waals surface area (Å²) < 4.78 is 27.0. The van der Waals surface area contributed by atoms with Gasteiger partial charge < -0.3 is 18.9 Å². The van der Waals surface area contributed by atoms with Crippen LogP contribution in [0.4, 0.5) is 0 Å². The Morgan fingerprint density at radius 1 is 0.622 bits per heavy atom. The van der Waals surface area contributed by atoms with Gasteiger partial charge in [-0.1, -0.05) is 123 Å². The van der Waals surface area contributed by atoms with Crippen molar-refractivity contribution in [1.82, 2.24) is 0 Å². The molecule has 0 aliphatic heterocycles. The number of hydrogen-bond acceptors (Lipinski definition) is 4. The van der Waals surface area contributed by atoms with Crippen molar-refractivity contribution in [3.63, 3.8) is 0 Å². The van der Waals surface area contributed by atoms with E-state index in [1.165, 1.54) is 37.7 Å². The molecule has 4 nitrogen and oxygen atoms in total. The lowest BCUT2D eigenvalue weighted by atomic mass is 9.74. The van der Waals surface area contributed by atoms with Gasteiger partial charge in [-0.3, -0.25) is 0 Å². The Hall–Kier alpha value is -0.940. The number of hydrogen-bond donors (Lipinski definition) is 0. The maximum atomic E-state index is 6.77. The Kier molecular flexibility index (Phi) is 19.3. The first-order chi connectivity index (χ1) is 18.1. The van der Waals surface area contributed by atoms with Crippen LogP contribution in [0.5, 0.6) is 0 Å². The third kappa shape index (κ3) is 11.4. The molecular weight excluding hydrogens is 460 g/mol. The van der Waals surface area contributed by atoms with Crippen LogP contribution in [-0.2, 0) is 25.4 Å². The van der Waals surface area contributed by atoms with Gasteiger partial charge >= 0.3 is 5.97 Å². The van der Waals surface area contributed by atoms with Crippen LogP contribution in [0, 0.1) is 5.92 Å². The average Bonchev–Trinajstić information content (AvgIpc) is 2.91. The maximum Gasteiger partial charge on any atom is 0.314 e. The number of methoxy groups -OCH3 is 1. The second kappa shape index (κ2) is 21.0. The molecule has 1 aromatic carbocycles. The Bertz CT molecular complexity index is 608. The fraction of sp³-hybridized carbons (Fsp3) is 0.818. The van der Waals surface area contributed by atoms with Crippen molar-refractivity contribution < 1.29 is 18.9 Å². The minimum atomic E-state index is -1.21. The van der Waals surface area contributed by atoms with E-state index < -0.39 is 11.6 Å². The second-order valence-corrected chi connectivity index (χ2v) is 10.6. The molecule has 2 atom stereocenters. The van der Waals surface area contributed by atoms with Gasteiger partial charge in [0.15, 0.2) is 5.60 Å². The second-order valence-electron chi connectivity index (χ2n) is 10.6. The molecule has 0 N–H and O–H groups in total. The van der Waals surface area contributed by atoms with Gasteiger partial charge in [-0.25, -0.2) is 0 Å². The predicted molar refractivity (Wildman–Crippen MR) is 157 cm³/mol. The summed E-state index contributed by atoms with van der Waals surface area (Å²) in [7, 11) is 1.86. The molecule has 0 heterocycles. The fourth-order valence-corrected chi connectivity index (χ4v) is 5.31. The number of unbranched alkanes of at least 4 members (excludes halogenated alkanes) is 7. The number of rotatable bonds is 25. The third-order valence-corrected chi connectivity index (χ3v) is 7.51. The molecule has 1 aromatic rings. The summed E-state index contributed by atoms with van der Waals surface area (Å²) >= 11 is 0. The largest absolute Gasteiger partial charge is 0.369 e. The normalized spacial score (nSPS) is 14.5. The first kappa shape index (κ1) is 34.1. The minimum absolute atomic E-state index is 0.214. The molecule has 0 saturated carbocycles. The highest BCUT2D eigenvalue weighted by molar-refractivity contribution is 5.17. The van der Waals surface area contributed by atoms with Crippen LogP contribution in [0.15, 0.2) is 30.3 Å². The van der Waals surface area contributed by atoms with Crippen molar-refractivity contribution in [2.75, 3.05) is 26.9 Å². The Morgan fingerprint density at radius 3 is 1.59 bits per heavy atom. The van der Waals surface area contributed by atoms with Crippen LogP contribution < -0.4 is 0 Å². The van der Waals surface area contributed by atoms with Crippen LogP contribution in [0.1, 0.15) is 130 Å². The van der Waals surface area contributed by atoms with E-state index in [4.69, 9.17) is 18.9 Å². The molecule has 1 rings (SSSR count). The summed E-state index contributed by atoms with van der Waals surface area (Å²) in [5, 5.41) is 0. The van der Waals surface area contributed by atoms with E-state index in [0.717, 1.165) is 64.2 Å². The zero-order valence-electron chi connectivity index (χ0n) is 25.3. The Morgan fingerprint density at radius 2 is 1.14 bits per heavy atom. The van der Waals surface area contributed by atoms with Crippen molar-refractivity contribution in [2.24, 2.45) is 5.92 Å². The first-order valence-corrected chi connectivity index (χ1v) is 15.6. The highest BCUT2D eigenvalue weighted by Gasteiger charge is 2.59. The molecule has 0 aliphatic carbocycles. The lowest BCUT2D eigenvalue weighted by Crippen LogP contribution is -2.65. The molecule has 0 spiro atoms. The highest BCUT2D eigenvalue weighted by Crippen LogP contribution is 2.46. The van der Waals surface area contributed by atoms with E-state index >= 15 is 0 Å². The van der Waals surface area contributed by atoms with Crippen LogP contribution in [0.2, 0.25) is 0 Å². The molecule has 0 aliphatic rings. The van der Waals surface area contributed by atoms with E-state index in [9.17, 15) is 0 Å². The lowest BCUT2D eigenvalue weighted by Gasteiger charge is -2.51. The van der Waals surface area contributed by atoms with E-state index in [0.29, 0.717) is 19.8 Å². The van der Waals surface area contributed by atoms with Gasteiger partial charge in [0, 0.05) is 7.11 Å². The molecule has 0 saturated heterocycles. The molecule has 0 radical (unpaired) electrons. The fourth-order valence-electron chi connectivity index (χ4n) is 5.31. The van der Waals surface area contributed by atoms with Crippen molar-refractivity contribution in [3.8, 4) is 0 Å². The molecule has 37 heavy (non-hydrogen) atoms. The van der Waals surface area contributed by atoms with Crippen molar-refractivity contribution >= 4 is 0 Å². The molecule has 0 bridgehead atoms. The smallest absolute Gasteiger partial charge is 0.314 e. The SMILES string of the molecule is CCCCCCCC(Cc1ccccc1)C(CCC)(OC)C(OCCCC)(OCCCC)OCCCC. The average molecular weight is 521 g/mol. The van der Waals surface area contributed by atoms with E-state index in [-0.39, 0.29) is 5.92 Å². The Labute approximate surface area is 230 Å². The molecule has 0 aromatic heterocycles.